The molecule has 0 fully saturated rings. The number of ether oxygens (including phenoxy) is 1. The Morgan fingerprint density at radius 1 is 1.36 bits per heavy atom. The number of rotatable bonds is 5. The van der Waals surface area contributed by atoms with Gasteiger partial charge in [0.25, 0.3) is 0 Å². The van der Waals surface area contributed by atoms with E-state index in [4.69, 9.17) is 4.74 Å². The smallest absolute Gasteiger partial charge is 0.213 e. The van der Waals surface area contributed by atoms with Crippen LogP contribution in [0.25, 0.3) is 0 Å². The van der Waals surface area contributed by atoms with Gasteiger partial charge in [0.05, 0.1) is 6.61 Å². The summed E-state index contributed by atoms with van der Waals surface area (Å²) in [6.45, 7) is 7.25. The highest BCUT2D eigenvalue weighted by Crippen LogP contribution is 2.09. The Bertz CT molecular complexity index is 271. The minimum Gasteiger partial charge on any atom is -0.478 e. The Labute approximate surface area is 86.3 Å². The highest BCUT2D eigenvalue weighted by molar-refractivity contribution is 5.15. The zero-order valence-electron chi connectivity index (χ0n) is 9.29. The predicted molar refractivity (Wildman–Crippen MR) is 58.6 cm³/mol. The first kappa shape index (κ1) is 11.0. The third-order valence-corrected chi connectivity index (χ3v) is 2.09. The molecule has 0 saturated carbocycles. The molecule has 78 valence electrons. The molecule has 0 amide bonds. The maximum Gasteiger partial charge on any atom is 0.213 e. The molecular formula is C12H19NO. The van der Waals surface area contributed by atoms with Crippen LogP contribution < -0.4 is 4.74 Å². The summed E-state index contributed by atoms with van der Waals surface area (Å²) in [5.41, 5.74) is 1.09. The summed E-state index contributed by atoms with van der Waals surface area (Å²) in [5.74, 6) is 1.44. The minimum absolute atomic E-state index is 0.685. The lowest BCUT2D eigenvalue weighted by Crippen LogP contribution is -2.03. The van der Waals surface area contributed by atoms with Crippen LogP contribution in [0.3, 0.4) is 0 Å². The molecule has 0 aliphatic heterocycles. The number of hydrogen-bond donors (Lipinski definition) is 0. The zero-order chi connectivity index (χ0) is 10.4. The summed E-state index contributed by atoms with van der Waals surface area (Å²) in [4.78, 5) is 4.37. The van der Waals surface area contributed by atoms with Gasteiger partial charge in [-0.2, -0.15) is 0 Å². The summed E-state index contributed by atoms with van der Waals surface area (Å²) in [6.07, 6.45) is 2.04. The fourth-order valence-corrected chi connectivity index (χ4v) is 1.13. The van der Waals surface area contributed by atoms with E-state index in [2.05, 4.69) is 25.8 Å². The van der Waals surface area contributed by atoms with E-state index in [1.54, 1.807) is 0 Å². The molecule has 1 heterocycles. The van der Waals surface area contributed by atoms with E-state index < -0.39 is 0 Å². The lowest BCUT2D eigenvalue weighted by Gasteiger charge is -2.07. The predicted octanol–water partition coefficient (Wildman–Crippen LogP) is 3.07. The van der Waals surface area contributed by atoms with E-state index in [1.165, 1.54) is 0 Å². The first-order chi connectivity index (χ1) is 6.72. The van der Waals surface area contributed by atoms with Gasteiger partial charge in [0.15, 0.2) is 0 Å². The van der Waals surface area contributed by atoms with Gasteiger partial charge < -0.3 is 4.74 Å². The molecule has 0 aromatic carbocycles. The second kappa shape index (κ2) is 5.63. The van der Waals surface area contributed by atoms with Crippen LogP contribution in [0.4, 0.5) is 0 Å². The number of nitrogens with zero attached hydrogens (tertiary/aromatic N) is 1. The molecule has 2 heteroatoms. The van der Waals surface area contributed by atoms with Gasteiger partial charge in [0.2, 0.25) is 5.88 Å². The van der Waals surface area contributed by atoms with Gasteiger partial charge >= 0.3 is 0 Å². The van der Waals surface area contributed by atoms with Crippen LogP contribution in [0.15, 0.2) is 18.2 Å². The van der Waals surface area contributed by atoms with Gasteiger partial charge in [-0.25, -0.2) is 4.98 Å². The summed E-state index contributed by atoms with van der Waals surface area (Å²) in [7, 11) is 0. The molecule has 0 spiro atoms. The monoisotopic (exact) mass is 193 g/mol. The molecule has 0 aliphatic rings. The van der Waals surface area contributed by atoms with Crippen molar-refractivity contribution in [3.63, 3.8) is 0 Å². The molecule has 0 aliphatic carbocycles. The SMILES string of the molecule is CCc1cccc(OCCC(C)C)n1. The van der Waals surface area contributed by atoms with E-state index in [1.807, 2.05) is 18.2 Å². The van der Waals surface area contributed by atoms with Crippen molar-refractivity contribution in [2.75, 3.05) is 6.61 Å². The van der Waals surface area contributed by atoms with Crippen molar-refractivity contribution in [2.24, 2.45) is 5.92 Å². The first-order valence-electron chi connectivity index (χ1n) is 5.31. The third-order valence-electron chi connectivity index (χ3n) is 2.09. The van der Waals surface area contributed by atoms with E-state index >= 15 is 0 Å². The minimum atomic E-state index is 0.685. The van der Waals surface area contributed by atoms with Gasteiger partial charge in [-0.3, -0.25) is 0 Å². The first-order valence-corrected chi connectivity index (χ1v) is 5.31. The lowest BCUT2D eigenvalue weighted by molar-refractivity contribution is 0.279. The van der Waals surface area contributed by atoms with Crippen molar-refractivity contribution in [3.05, 3.63) is 23.9 Å². The average molecular weight is 193 g/mol. The molecule has 0 N–H and O–H groups in total. The largest absolute Gasteiger partial charge is 0.478 e. The van der Waals surface area contributed by atoms with E-state index in [0.717, 1.165) is 31.0 Å². The quantitative estimate of drug-likeness (QED) is 0.717. The van der Waals surface area contributed by atoms with Crippen molar-refractivity contribution < 1.29 is 4.74 Å². The Hall–Kier alpha value is -1.05. The standard InChI is InChI=1S/C12H19NO/c1-4-11-6-5-7-12(13-11)14-9-8-10(2)3/h5-7,10H,4,8-9H2,1-3H3. The molecule has 1 rings (SSSR count). The number of hydrogen-bond acceptors (Lipinski definition) is 2. The normalized spacial score (nSPS) is 10.6. The molecule has 1 aromatic rings. The average Bonchev–Trinajstić information content (AvgIpc) is 2.18. The Morgan fingerprint density at radius 3 is 2.79 bits per heavy atom. The van der Waals surface area contributed by atoms with Gasteiger partial charge in [-0.1, -0.05) is 26.8 Å². The molecule has 0 unspecified atom stereocenters. The molecule has 0 bridgehead atoms. The van der Waals surface area contributed by atoms with Crippen LogP contribution in [0.2, 0.25) is 0 Å². The fraction of sp³-hybridized carbons (Fsp3) is 0.583. The van der Waals surface area contributed by atoms with Crippen molar-refractivity contribution in [1.82, 2.24) is 4.98 Å². The number of aromatic nitrogens is 1. The second-order valence-electron chi connectivity index (χ2n) is 3.85. The summed E-state index contributed by atoms with van der Waals surface area (Å²) in [6, 6.07) is 5.94. The van der Waals surface area contributed by atoms with Crippen molar-refractivity contribution >= 4 is 0 Å². The van der Waals surface area contributed by atoms with E-state index in [0.29, 0.717) is 5.92 Å². The molecule has 0 radical (unpaired) electrons. The van der Waals surface area contributed by atoms with Gasteiger partial charge in [0.1, 0.15) is 0 Å². The van der Waals surface area contributed by atoms with Crippen molar-refractivity contribution in [3.8, 4) is 5.88 Å². The molecule has 14 heavy (non-hydrogen) atoms. The van der Waals surface area contributed by atoms with Crippen LogP contribution in [0, 0.1) is 5.92 Å². The highest BCUT2D eigenvalue weighted by atomic mass is 16.5. The van der Waals surface area contributed by atoms with Crippen molar-refractivity contribution in [1.29, 1.82) is 0 Å². The van der Waals surface area contributed by atoms with Gasteiger partial charge in [-0.15, -0.1) is 0 Å². The van der Waals surface area contributed by atoms with Crippen molar-refractivity contribution in [2.45, 2.75) is 33.6 Å². The number of pyridine rings is 1. The molecule has 2 nitrogen and oxygen atoms in total. The van der Waals surface area contributed by atoms with E-state index in [9.17, 15) is 0 Å². The summed E-state index contributed by atoms with van der Waals surface area (Å²) in [5, 5.41) is 0. The van der Waals surface area contributed by atoms with Gasteiger partial charge in [-0.05, 0) is 24.8 Å². The Kier molecular flexibility index (Phi) is 4.44. The van der Waals surface area contributed by atoms with E-state index in [-0.39, 0.29) is 0 Å². The maximum atomic E-state index is 5.55. The second-order valence-corrected chi connectivity index (χ2v) is 3.85. The molecule has 1 aromatic heterocycles. The van der Waals surface area contributed by atoms with Gasteiger partial charge in [0, 0.05) is 11.8 Å². The lowest BCUT2D eigenvalue weighted by atomic mass is 10.1. The Balaban J connectivity index is 2.42. The zero-order valence-corrected chi connectivity index (χ0v) is 9.29. The van der Waals surface area contributed by atoms with Crippen LogP contribution >= 0.6 is 0 Å². The summed E-state index contributed by atoms with van der Waals surface area (Å²) < 4.78 is 5.55. The van der Waals surface area contributed by atoms with Crippen LogP contribution in [-0.2, 0) is 6.42 Å². The summed E-state index contributed by atoms with van der Waals surface area (Å²) >= 11 is 0. The topological polar surface area (TPSA) is 22.1 Å². The third kappa shape index (κ3) is 3.77. The van der Waals surface area contributed by atoms with Crippen LogP contribution in [0.5, 0.6) is 5.88 Å². The maximum absolute atomic E-state index is 5.55. The molecular weight excluding hydrogens is 174 g/mol. The molecule has 0 saturated heterocycles. The number of aryl methyl sites for hydroxylation is 1. The molecule has 0 atom stereocenters. The van der Waals surface area contributed by atoms with Crippen LogP contribution in [-0.4, -0.2) is 11.6 Å². The Morgan fingerprint density at radius 2 is 2.14 bits per heavy atom. The highest BCUT2D eigenvalue weighted by Gasteiger charge is 1.98. The fourth-order valence-electron chi connectivity index (χ4n) is 1.13. The van der Waals surface area contributed by atoms with Crippen LogP contribution in [0.1, 0.15) is 32.9 Å².